The van der Waals surface area contributed by atoms with Crippen molar-refractivity contribution in [1.29, 1.82) is 0 Å². The van der Waals surface area contributed by atoms with Crippen LogP contribution >= 0.6 is 0 Å². The van der Waals surface area contributed by atoms with E-state index in [0.717, 1.165) is 11.3 Å². The topological polar surface area (TPSA) is 97.3 Å². The Morgan fingerprint density at radius 3 is 2.61 bits per heavy atom. The molecule has 4 aromatic rings. The first-order chi connectivity index (χ1) is 15.2. The lowest BCUT2D eigenvalue weighted by Crippen LogP contribution is -2.22. The Morgan fingerprint density at radius 2 is 1.84 bits per heavy atom. The van der Waals surface area contributed by atoms with Crippen molar-refractivity contribution in [3.63, 3.8) is 0 Å². The molecule has 0 amide bonds. The van der Waals surface area contributed by atoms with Gasteiger partial charge in [-0.3, -0.25) is 0 Å². The molecule has 0 saturated carbocycles. The predicted molar refractivity (Wildman–Crippen MR) is 111 cm³/mol. The number of nitrogens with zero attached hydrogens (tertiary/aromatic N) is 5. The van der Waals surface area contributed by atoms with Crippen molar-refractivity contribution in [2.75, 3.05) is 14.2 Å². The Labute approximate surface area is 178 Å². The summed E-state index contributed by atoms with van der Waals surface area (Å²) >= 11 is 0. The van der Waals surface area contributed by atoms with E-state index in [4.69, 9.17) is 18.7 Å². The van der Waals surface area contributed by atoms with Crippen LogP contribution in [-0.2, 0) is 17.9 Å². The SMILES string of the molecule is COc1ccc(-c2nc(-c3nnn4c3CO[C@@H](c3ccc(C)cc3)C4)no2)cc1OC. The molecule has 9 nitrogen and oxygen atoms in total. The number of aryl methyl sites for hydroxylation is 1. The van der Waals surface area contributed by atoms with Gasteiger partial charge in [0, 0.05) is 5.56 Å². The predicted octanol–water partition coefficient (Wildman–Crippen LogP) is 3.59. The van der Waals surface area contributed by atoms with Gasteiger partial charge in [0.25, 0.3) is 5.89 Å². The van der Waals surface area contributed by atoms with Crippen molar-refractivity contribution < 1.29 is 18.7 Å². The molecule has 0 saturated heterocycles. The second-order valence-corrected chi connectivity index (χ2v) is 7.27. The van der Waals surface area contributed by atoms with E-state index in [2.05, 4.69) is 51.6 Å². The van der Waals surface area contributed by atoms with Gasteiger partial charge in [-0.2, -0.15) is 4.98 Å². The number of hydrogen-bond acceptors (Lipinski definition) is 8. The number of aromatic nitrogens is 5. The quantitative estimate of drug-likeness (QED) is 0.484. The first kappa shape index (κ1) is 19.3. The maximum absolute atomic E-state index is 6.08. The van der Waals surface area contributed by atoms with E-state index in [-0.39, 0.29) is 6.10 Å². The maximum atomic E-state index is 6.08. The number of hydrogen-bond donors (Lipinski definition) is 0. The molecule has 0 radical (unpaired) electrons. The van der Waals surface area contributed by atoms with E-state index in [9.17, 15) is 0 Å². The Bertz CT molecular complexity index is 1220. The molecule has 1 atom stereocenters. The third kappa shape index (κ3) is 3.53. The molecule has 0 fully saturated rings. The van der Waals surface area contributed by atoms with Crippen LogP contribution in [0.25, 0.3) is 23.0 Å². The lowest BCUT2D eigenvalue weighted by atomic mass is 10.1. The smallest absolute Gasteiger partial charge is 0.258 e. The van der Waals surface area contributed by atoms with Gasteiger partial charge in [-0.15, -0.1) is 5.10 Å². The van der Waals surface area contributed by atoms with Crippen LogP contribution in [0.4, 0.5) is 0 Å². The molecule has 158 valence electrons. The van der Waals surface area contributed by atoms with E-state index < -0.39 is 0 Å². The maximum Gasteiger partial charge on any atom is 0.258 e. The highest BCUT2D eigenvalue weighted by Crippen LogP contribution is 2.33. The van der Waals surface area contributed by atoms with Gasteiger partial charge in [-0.05, 0) is 30.7 Å². The number of methoxy groups -OCH3 is 2. The van der Waals surface area contributed by atoms with E-state index in [1.807, 2.05) is 10.7 Å². The second kappa shape index (κ2) is 7.84. The molecular weight excluding hydrogens is 398 g/mol. The standard InChI is InChI=1S/C22H21N5O4/c1-13-4-6-14(7-5-13)19-11-27-16(12-30-19)20(24-26-27)21-23-22(31-25-21)15-8-9-17(28-2)18(10-15)29-3/h4-10,19H,11-12H2,1-3H3/t19-/m1/s1. The molecule has 3 heterocycles. The van der Waals surface area contributed by atoms with Crippen molar-refractivity contribution in [1.82, 2.24) is 25.1 Å². The zero-order valence-electron chi connectivity index (χ0n) is 17.4. The van der Waals surface area contributed by atoms with Crippen LogP contribution in [0.15, 0.2) is 47.0 Å². The molecule has 0 bridgehead atoms. The molecule has 0 spiro atoms. The van der Waals surface area contributed by atoms with Crippen LogP contribution in [0.2, 0.25) is 0 Å². The average Bonchev–Trinajstić information content (AvgIpc) is 3.45. The van der Waals surface area contributed by atoms with Crippen molar-refractivity contribution in [2.45, 2.75) is 26.2 Å². The molecule has 2 aromatic carbocycles. The minimum atomic E-state index is -0.0738. The highest BCUT2D eigenvalue weighted by Gasteiger charge is 2.27. The molecular formula is C22H21N5O4. The minimum absolute atomic E-state index is 0.0738. The first-order valence-corrected chi connectivity index (χ1v) is 9.83. The summed E-state index contributed by atoms with van der Waals surface area (Å²) in [6, 6.07) is 13.7. The summed E-state index contributed by atoms with van der Waals surface area (Å²) in [6.45, 7) is 3.00. The summed E-state index contributed by atoms with van der Waals surface area (Å²) in [7, 11) is 3.16. The highest BCUT2D eigenvalue weighted by molar-refractivity contribution is 5.62. The van der Waals surface area contributed by atoms with Crippen LogP contribution in [0.3, 0.4) is 0 Å². The molecule has 0 N–H and O–H groups in total. The van der Waals surface area contributed by atoms with E-state index in [1.54, 1.807) is 26.4 Å². The molecule has 1 aliphatic heterocycles. The lowest BCUT2D eigenvalue weighted by Gasteiger charge is -2.24. The van der Waals surface area contributed by atoms with Gasteiger partial charge in [0.05, 0.1) is 33.1 Å². The van der Waals surface area contributed by atoms with Crippen molar-refractivity contribution in [2.24, 2.45) is 0 Å². The molecule has 5 rings (SSSR count). The van der Waals surface area contributed by atoms with Crippen LogP contribution in [-0.4, -0.2) is 39.4 Å². The van der Waals surface area contributed by atoms with Crippen LogP contribution < -0.4 is 9.47 Å². The molecule has 1 aliphatic rings. The minimum Gasteiger partial charge on any atom is -0.493 e. The van der Waals surface area contributed by atoms with Gasteiger partial charge in [0.2, 0.25) is 5.82 Å². The molecule has 31 heavy (non-hydrogen) atoms. The normalized spacial score (nSPS) is 15.5. The van der Waals surface area contributed by atoms with Gasteiger partial charge < -0.3 is 18.7 Å². The monoisotopic (exact) mass is 419 g/mol. The molecule has 2 aromatic heterocycles. The Hall–Kier alpha value is -3.72. The van der Waals surface area contributed by atoms with Gasteiger partial charge >= 0.3 is 0 Å². The van der Waals surface area contributed by atoms with Crippen molar-refractivity contribution in [3.05, 3.63) is 59.3 Å². The van der Waals surface area contributed by atoms with Gasteiger partial charge in [0.15, 0.2) is 17.2 Å². The van der Waals surface area contributed by atoms with E-state index in [1.165, 1.54) is 5.56 Å². The summed E-state index contributed by atoms with van der Waals surface area (Å²) in [6.07, 6.45) is -0.0738. The van der Waals surface area contributed by atoms with Gasteiger partial charge in [-0.25, -0.2) is 4.68 Å². The Kier molecular flexibility index (Phi) is 4.87. The number of ether oxygens (including phenoxy) is 3. The van der Waals surface area contributed by atoms with E-state index in [0.29, 0.717) is 47.6 Å². The van der Waals surface area contributed by atoms with Gasteiger partial charge in [0.1, 0.15) is 6.10 Å². The fourth-order valence-electron chi connectivity index (χ4n) is 3.57. The third-order valence-corrected chi connectivity index (χ3v) is 5.32. The van der Waals surface area contributed by atoms with Gasteiger partial charge in [-0.1, -0.05) is 40.2 Å². The summed E-state index contributed by atoms with van der Waals surface area (Å²) in [5.74, 6) is 1.92. The van der Waals surface area contributed by atoms with Crippen LogP contribution in [0.5, 0.6) is 11.5 Å². The molecule has 0 aliphatic carbocycles. The lowest BCUT2D eigenvalue weighted by molar-refractivity contribution is -0.00112. The van der Waals surface area contributed by atoms with Crippen molar-refractivity contribution in [3.8, 4) is 34.5 Å². The first-order valence-electron chi connectivity index (χ1n) is 9.83. The fourth-order valence-corrected chi connectivity index (χ4v) is 3.57. The number of fused-ring (bicyclic) bond motifs is 1. The van der Waals surface area contributed by atoms with E-state index >= 15 is 0 Å². The number of benzene rings is 2. The third-order valence-electron chi connectivity index (χ3n) is 5.32. The highest BCUT2D eigenvalue weighted by atomic mass is 16.5. The largest absolute Gasteiger partial charge is 0.493 e. The summed E-state index contributed by atoms with van der Waals surface area (Å²) in [5, 5.41) is 12.7. The fraction of sp³-hybridized carbons (Fsp3) is 0.273. The Morgan fingerprint density at radius 1 is 1.03 bits per heavy atom. The summed E-state index contributed by atoms with van der Waals surface area (Å²) < 4.78 is 24.0. The molecule has 9 heteroatoms. The van der Waals surface area contributed by atoms with Crippen LogP contribution in [0, 0.1) is 6.92 Å². The molecule has 0 unspecified atom stereocenters. The van der Waals surface area contributed by atoms with Crippen LogP contribution in [0.1, 0.15) is 22.9 Å². The Balaban J connectivity index is 1.40. The summed E-state index contributed by atoms with van der Waals surface area (Å²) in [4.78, 5) is 4.50. The zero-order valence-corrected chi connectivity index (χ0v) is 17.4. The zero-order chi connectivity index (χ0) is 21.4. The average molecular weight is 419 g/mol. The second-order valence-electron chi connectivity index (χ2n) is 7.27. The van der Waals surface area contributed by atoms with Crippen molar-refractivity contribution >= 4 is 0 Å². The summed E-state index contributed by atoms with van der Waals surface area (Å²) in [5.41, 5.74) is 4.42. The number of rotatable bonds is 5.